The minimum absolute atomic E-state index is 0.286. The molecule has 0 amide bonds. The van der Waals surface area contributed by atoms with Gasteiger partial charge in [0.25, 0.3) is 0 Å². The third-order valence-corrected chi connectivity index (χ3v) is 4.62. The van der Waals surface area contributed by atoms with Gasteiger partial charge in [-0.2, -0.15) is 0 Å². The maximum atomic E-state index is 6.46. The highest BCUT2D eigenvalue weighted by atomic mass is 16.5. The van der Waals surface area contributed by atoms with Gasteiger partial charge in [-0.1, -0.05) is 18.1 Å². The molecular formula is C14H23NO. The Morgan fingerprint density at radius 3 is 2.94 bits per heavy atom. The van der Waals surface area contributed by atoms with Gasteiger partial charge in [0.2, 0.25) is 0 Å². The first-order valence-electron chi connectivity index (χ1n) is 6.94. The summed E-state index contributed by atoms with van der Waals surface area (Å²) in [7, 11) is 0. The van der Waals surface area contributed by atoms with Crippen LogP contribution in [-0.4, -0.2) is 18.2 Å². The minimum atomic E-state index is 0.286. The number of nitrogens with two attached hydrogens (primary N) is 1. The molecule has 2 fully saturated rings. The molecule has 0 aromatic heterocycles. The third kappa shape index (κ3) is 1.93. The smallest absolute Gasteiger partial charge is 0.0626 e. The molecule has 4 atom stereocenters. The van der Waals surface area contributed by atoms with Crippen molar-refractivity contribution in [3.63, 3.8) is 0 Å². The Morgan fingerprint density at radius 2 is 2.19 bits per heavy atom. The summed E-state index contributed by atoms with van der Waals surface area (Å²) < 4.78 is 5.92. The van der Waals surface area contributed by atoms with Crippen LogP contribution in [0.25, 0.3) is 0 Å². The fourth-order valence-corrected chi connectivity index (χ4v) is 3.67. The number of fused-ring (bicyclic) bond motifs is 2. The highest BCUT2D eigenvalue weighted by Gasteiger charge is 2.43. The lowest BCUT2D eigenvalue weighted by atomic mass is 9.80. The van der Waals surface area contributed by atoms with Gasteiger partial charge in [-0.15, -0.1) is 0 Å². The first kappa shape index (κ1) is 10.8. The Labute approximate surface area is 98.2 Å². The zero-order valence-electron chi connectivity index (χ0n) is 10.0. The van der Waals surface area contributed by atoms with E-state index in [4.69, 9.17) is 10.5 Å². The van der Waals surface area contributed by atoms with E-state index in [1.807, 2.05) is 0 Å². The second-order valence-electron chi connectivity index (χ2n) is 5.68. The molecule has 2 saturated heterocycles. The summed E-state index contributed by atoms with van der Waals surface area (Å²) in [5.41, 5.74) is 7.99. The van der Waals surface area contributed by atoms with E-state index in [0.717, 1.165) is 0 Å². The molecule has 3 aliphatic rings. The quantitative estimate of drug-likeness (QED) is 0.728. The fraction of sp³-hybridized carbons (Fsp3) is 0.857. The Bertz CT molecular complexity index is 286. The molecule has 90 valence electrons. The van der Waals surface area contributed by atoms with Gasteiger partial charge in [-0.05, 0) is 44.9 Å². The molecule has 2 heteroatoms. The molecule has 1 aliphatic carbocycles. The maximum Gasteiger partial charge on any atom is 0.0626 e. The normalized spacial score (nSPS) is 40.6. The summed E-state index contributed by atoms with van der Waals surface area (Å²) in [6.45, 7) is 0. The van der Waals surface area contributed by atoms with Crippen LogP contribution >= 0.6 is 0 Å². The predicted molar refractivity (Wildman–Crippen MR) is 65.1 cm³/mol. The molecule has 0 saturated carbocycles. The molecule has 16 heavy (non-hydrogen) atoms. The number of allylic oxidation sites excluding steroid dienone is 1. The van der Waals surface area contributed by atoms with Crippen molar-refractivity contribution in [2.24, 2.45) is 11.7 Å². The van der Waals surface area contributed by atoms with Gasteiger partial charge in [-0.25, -0.2) is 0 Å². The molecule has 0 spiro atoms. The SMILES string of the molecule is NC(C1=CCCCCC1)C1CC2CCC1O2. The maximum absolute atomic E-state index is 6.46. The van der Waals surface area contributed by atoms with E-state index >= 15 is 0 Å². The largest absolute Gasteiger partial charge is 0.375 e. The van der Waals surface area contributed by atoms with Crippen LogP contribution in [0.2, 0.25) is 0 Å². The number of hydrogen-bond donors (Lipinski definition) is 1. The van der Waals surface area contributed by atoms with Gasteiger partial charge in [0, 0.05) is 12.0 Å². The topological polar surface area (TPSA) is 35.2 Å². The van der Waals surface area contributed by atoms with Crippen molar-refractivity contribution in [3.8, 4) is 0 Å². The standard InChI is InChI=1S/C14H23NO/c15-14(10-5-3-1-2-4-6-10)12-9-11-7-8-13(12)16-11/h5,11-14H,1-4,6-9,15H2. The van der Waals surface area contributed by atoms with Crippen molar-refractivity contribution >= 4 is 0 Å². The Morgan fingerprint density at radius 1 is 1.25 bits per heavy atom. The van der Waals surface area contributed by atoms with Gasteiger partial charge in [0.05, 0.1) is 12.2 Å². The molecule has 0 aromatic rings. The van der Waals surface area contributed by atoms with E-state index in [-0.39, 0.29) is 6.04 Å². The van der Waals surface area contributed by atoms with Gasteiger partial charge >= 0.3 is 0 Å². The summed E-state index contributed by atoms with van der Waals surface area (Å²) in [5.74, 6) is 0.614. The molecule has 2 bridgehead atoms. The van der Waals surface area contributed by atoms with E-state index in [0.29, 0.717) is 18.1 Å². The van der Waals surface area contributed by atoms with Crippen LogP contribution in [0.15, 0.2) is 11.6 Å². The van der Waals surface area contributed by atoms with Crippen molar-refractivity contribution in [1.29, 1.82) is 0 Å². The van der Waals surface area contributed by atoms with E-state index in [1.54, 1.807) is 0 Å². The van der Waals surface area contributed by atoms with Crippen LogP contribution < -0.4 is 5.73 Å². The van der Waals surface area contributed by atoms with Crippen molar-refractivity contribution in [1.82, 2.24) is 0 Å². The summed E-state index contributed by atoms with van der Waals surface area (Å²) in [6.07, 6.45) is 13.7. The zero-order chi connectivity index (χ0) is 11.0. The molecule has 0 radical (unpaired) electrons. The van der Waals surface area contributed by atoms with Crippen LogP contribution in [-0.2, 0) is 4.74 Å². The Balaban J connectivity index is 1.67. The number of rotatable bonds is 2. The first-order valence-corrected chi connectivity index (χ1v) is 6.94. The van der Waals surface area contributed by atoms with Crippen molar-refractivity contribution in [2.45, 2.75) is 69.6 Å². The lowest BCUT2D eigenvalue weighted by Crippen LogP contribution is -2.37. The first-order chi connectivity index (χ1) is 7.84. The van der Waals surface area contributed by atoms with Gasteiger partial charge in [0.1, 0.15) is 0 Å². The van der Waals surface area contributed by atoms with Crippen LogP contribution in [0.1, 0.15) is 51.4 Å². The molecule has 2 N–H and O–H groups in total. The van der Waals surface area contributed by atoms with E-state index in [9.17, 15) is 0 Å². The molecule has 0 aromatic carbocycles. The molecule has 3 rings (SSSR count). The molecular weight excluding hydrogens is 198 g/mol. The minimum Gasteiger partial charge on any atom is -0.375 e. The molecule has 2 aliphatic heterocycles. The second kappa shape index (κ2) is 4.50. The third-order valence-electron chi connectivity index (χ3n) is 4.62. The van der Waals surface area contributed by atoms with E-state index in [2.05, 4.69) is 6.08 Å². The van der Waals surface area contributed by atoms with Gasteiger partial charge in [-0.3, -0.25) is 0 Å². The number of ether oxygens (including phenoxy) is 1. The van der Waals surface area contributed by atoms with E-state index in [1.165, 1.54) is 56.9 Å². The predicted octanol–water partition coefficient (Wildman–Crippen LogP) is 2.77. The zero-order valence-corrected chi connectivity index (χ0v) is 10.0. The highest BCUT2D eigenvalue weighted by Crippen LogP contribution is 2.42. The van der Waals surface area contributed by atoms with Crippen molar-refractivity contribution in [3.05, 3.63) is 11.6 Å². The molecule has 2 nitrogen and oxygen atoms in total. The average Bonchev–Trinajstić information content (AvgIpc) is 2.82. The lowest BCUT2D eigenvalue weighted by Gasteiger charge is -2.27. The summed E-state index contributed by atoms with van der Waals surface area (Å²) in [5, 5.41) is 0. The summed E-state index contributed by atoms with van der Waals surface area (Å²) in [4.78, 5) is 0. The lowest BCUT2D eigenvalue weighted by molar-refractivity contribution is 0.0901. The second-order valence-corrected chi connectivity index (χ2v) is 5.68. The van der Waals surface area contributed by atoms with E-state index < -0.39 is 0 Å². The van der Waals surface area contributed by atoms with Crippen LogP contribution in [0.5, 0.6) is 0 Å². The summed E-state index contributed by atoms with van der Waals surface area (Å²) >= 11 is 0. The summed E-state index contributed by atoms with van der Waals surface area (Å²) in [6, 6.07) is 0.286. The number of hydrogen-bond acceptors (Lipinski definition) is 2. The van der Waals surface area contributed by atoms with Crippen LogP contribution in [0, 0.1) is 5.92 Å². The Kier molecular flexibility index (Phi) is 3.03. The van der Waals surface area contributed by atoms with Gasteiger partial charge < -0.3 is 10.5 Å². The average molecular weight is 221 g/mol. The van der Waals surface area contributed by atoms with Crippen molar-refractivity contribution in [2.75, 3.05) is 0 Å². The fourth-order valence-electron chi connectivity index (χ4n) is 3.67. The van der Waals surface area contributed by atoms with Crippen LogP contribution in [0.3, 0.4) is 0 Å². The van der Waals surface area contributed by atoms with Gasteiger partial charge in [0.15, 0.2) is 0 Å². The highest BCUT2D eigenvalue weighted by molar-refractivity contribution is 5.15. The molecule has 2 heterocycles. The van der Waals surface area contributed by atoms with Crippen molar-refractivity contribution < 1.29 is 4.74 Å². The Hall–Kier alpha value is -0.340. The molecule has 4 unspecified atom stereocenters. The van der Waals surface area contributed by atoms with Crippen LogP contribution in [0.4, 0.5) is 0 Å². The monoisotopic (exact) mass is 221 g/mol.